The first-order valence-electron chi connectivity index (χ1n) is 12.7. The van der Waals surface area contributed by atoms with Crippen LogP contribution >= 0.6 is 0 Å². The van der Waals surface area contributed by atoms with Gasteiger partial charge in [0, 0.05) is 12.6 Å². The van der Waals surface area contributed by atoms with Crippen LogP contribution in [0, 0.1) is 6.92 Å². The van der Waals surface area contributed by atoms with E-state index in [9.17, 15) is 14.4 Å². The first-order valence-corrected chi connectivity index (χ1v) is 12.7. The minimum absolute atomic E-state index is 0.140. The predicted molar refractivity (Wildman–Crippen MR) is 134 cm³/mol. The molecule has 34 heavy (non-hydrogen) atoms. The Labute approximate surface area is 205 Å². The molecule has 2 rings (SSSR count). The minimum atomic E-state index is -0.744. The Hall–Kier alpha value is -2.57. The first kappa shape index (κ1) is 27.7. The van der Waals surface area contributed by atoms with E-state index in [-0.39, 0.29) is 24.4 Å². The quantitative estimate of drug-likeness (QED) is 0.467. The van der Waals surface area contributed by atoms with Crippen LogP contribution in [-0.2, 0) is 14.3 Å². The summed E-state index contributed by atoms with van der Waals surface area (Å²) in [6.07, 6.45) is 7.45. The molecule has 1 saturated carbocycles. The monoisotopic (exact) mass is 473 g/mol. The lowest BCUT2D eigenvalue weighted by molar-refractivity contribution is -0.140. The molecule has 3 amide bonds. The first-order chi connectivity index (χ1) is 16.1. The minimum Gasteiger partial charge on any atom is -0.444 e. The molecule has 1 aliphatic carbocycles. The number of aryl methyl sites for hydroxylation is 1. The second-order valence-electron chi connectivity index (χ2n) is 10.3. The van der Waals surface area contributed by atoms with Gasteiger partial charge >= 0.3 is 6.09 Å². The maximum atomic E-state index is 13.6. The Bertz CT molecular complexity index is 812. The highest BCUT2D eigenvalue weighted by Gasteiger charge is 2.33. The van der Waals surface area contributed by atoms with Gasteiger partial charge in [-0.2, -0.15) is 0 Å². The molecule has 0 saturated heterocycles. The molecule has 7 nitrogen and oxygen atoms in total. The topological polar surface area (TPSA) is 87.7 Å². The van der Waals surface area contributed by atoms with Gasteiger partial charge in [0.25, 0.3) is 0 Å². The lowest BCUT2D eigenvalue weighted by Gasteiger charge is -2.34. The van der Waals surface area contributed by atoms with E-state index in [1.807, 2.05) is 31.2 Å². The zero-order valence-electron chi connectivity index (χ0n) is 21.6. The number of nitrogens with one attached hydrogen (secondary N) is 2. The number of ether oxygens (including phenoxy) is 1. The molecule has 1 atom stereocenters. The highest BCUT2D eigenvalue weighted by molar-refractivity contribution is 5.90. The molecule has 190 valence electrons. The number of unbranched alkanes of at least 4 members (excludes halogenated alkanes) is 2. The number of carbonyl (C=O) groups excluding carboxylic acids is 3. The van der Waals surface area contributed by atoms with Crippen molar-refractivity contribution in [3.8, 4) is 0 Å². The third-order valence-electron chi connectivity index (χ3n) is 5.98. The zero-order valence-corrected chi connectivity index (χ0v) is 21.6. The summed E-state index contributed by atoms with van der Waals surface area (Å²) >= 11 is 0. The fourth-order valence-corrected chi connectivity index (χ4v) is 4.33. The number of rotatable bonds is 10. The third-order valence-corrected chi connectivity index (χ3v) is 5.98. The van der Waals surface area contributed by atoms with Crippen molar-refractivity contribution in [3.05, 3.63) is 35.4 Å². The van der Waals surface area contributed by atoms with Crippen LogP contribution < -0.4 is 10.6 Å². The number of carbonyl (C=O) groups is 3. The molecular formula is C27H43N3O4. The molecule has 0 aliphatic heterocycles. The predicted octanol–water partition coefficient (Wildman–Crippen LogP) is 5.03. The Balaban J connectivity index is 2.26. The van der Waals surface area contributed by atoms with E-state index in [1.165, 1.54) is 6.42 Å². The average molecular weight is 474 g/mol. The SMILES string of the molecule is CCCCCN(C(=O)CNC(=O)OC(C)(C)C)C(C(=O)NC1CCCCC1)c1cccc(C)c1. The number of nitrogens with zero attached hydrogens (tertiary/aromatic N) is 1. The third kappa shape index (κ3) is 9.35. The molecule has 0 bridgehead atoms. The van der Waals surface area contributed by atoms with Gasteiger partial charge in [-0.25, -0.2) is 4.79 Å². The summed E-state index contributed by atoms with van der Waals surface area (Å²) in [6.45, 7) is 9.62. The van der Waals surface area contributed by atoms with Gasteiger partial charge < -0.3 is 20.3 Å². The molecule has 1 aromatic carbocycles. The van der Waals surface area contributed by atoms with Crippen molar-refractivity contribution in [1.82, 2.24) is 15.5 Å². The van der Waals surface area contributed by atoms with Crippen molar-refractivity contribution < 1.29 is 19.1 Å². The Morgan fingerprint density at radius 1 is 1.12 bits per heavy atom. The Morgan fingerprint density at radius 3 is 2.44 bits per heavy atom. The number of amides is 3. The van der Waals surface area contributed by atoms with E-state index in [4.69, 9.17) is 4.74 Å². The van der Waals surface area contributed by atoms with Crippen LogP contribution in [0.25, 0.3) is 0 Å². The maximum Gasteiger partial charge on any atom is 0.408 e. The summed E-state index contributed by atoms with van der Waals surface area (Å²) in [5.74, 6) is -0.452. The van der Waals surface area contributed by atoms with E-state index in [0.29, 0.717) is 6.54 Å². The molecule has 2 N–H and O–H groups in total. The van der Waals surface area contributed by atoms with Crippen LogP contribution in [0.15, 0.2) is 24.3 Å². The molecule has 1 unspecified atom stereocenters. The number of hydrogen-bond donors (Lipinski definition) is 2. The molecular weight excluding hydrogens is 430 g/mol. The van der Waals surface area contributed by atoms with Gasteiger partial charge in [0.2, 0.25) is 11.8 Å². The van der Waals surface area contributed by atoms with Gasteiger partial charge in [-0.05, 0) is 52.5 Å². The number of benzene rings is 1. The van der Waals surface area contributed by atoms with Crippen molar-refractivity contribution in [2.75, 3.05) is 13.1 Å². The zero-order chi connectivity index (χ0) is 25.1. The summed E-state index contributed by atoms with van der Waals surface area (Å²) in [6, 6.07) is 7.16. The second kappa shape index (κ2) is 13.4. The highest BCUT2D eigenvalue weighted by atomic mass is 16.6. The van der Waals surface area contributed by atoms with E-state index < -0.39 is 17.7 Å². The van der Waals surface area contributed by atoms with Crippen LogP contribution in [-0.4, -0.2) is 47.5 Å². The van der Waals surface area contributed by atoms with Crippen molar-refractivity contribution in [1.29, 1.82) is 0 Å². The van der Waals surface area contributed by atoms with E-state index in [0.717, 1.165) is 56.1 Å². The molecule has 7 heteroatoms. The van der Waals surface area contributed by atoms with Gasteiger partial charge in [-0.1, -0.05) is 68.9 Å². The van der Waals surface area contributed by atoms with E-state index in [1.54, 1.807) is 25.7 Å². The summed E-state index contributed by atoms with van der Waals surface area (Å²) < 4.78 is 5.28. The maximum absolute atomic E-state index is 13.6. The van der Waals surface area contributed by atoms with Crippen LogP contribution in [0.3, 0.4) is 0 Å². The molecule has 0 aromatic heterocycles. The summed E-state index contributed by atoms with van der Waals surface area (Å²) in [5.41, 5.74) is 1.16. The van der Waals surface area contributed by atoms with Crippen molar-refractivity contribution in [3.63, 3.8) is 0 Å². The number of hydrogen-bond acceptors (Lipinski definition) is 4. The highest BCUT2D eigenvalue weighted by Crippen LogP contribution is 2.25. The van der Waals surface area contributed by atoms with Crippen molar-refractivity contribution >= 4 is 17.9 Å². The molecule has 0 spiro atoms. The number of alkyl carbamates (subject to hydrolysis) is 1. The molecule has 0 heterocycles. The van der Waals surface area contributed by atoms with Gasteiger partial charge in [0.05, 0.1) is 0 Å². The lowest BCUT2D eigenvalue weighted by atomic mass is 9.94. The fourth-order valence-electron chi connectivity index (χ4n) is 4.33. The van der Waals surface area contributed by atoms with Crippen LogP contribution in [0.2, 0.25) is 0 Å². The fraction of sp³-hybridized carbons (Fsp3) is 0.667. The average Bonchev–Trinajstić information content (AvgIpc) is 2.76. The van der Waals surface area contributed by atoms with Crippen molar-refractivity contribution in [2.45, 2.75) is 104 Å². The largest absolute Gasteiger partial charge is 0.444 e. The molecule has 1 aliphatic rings. The standard InChI is InChI=1S/C27H43N3O4/c1-6-7-11-17-30(23(31)19-28-26(33)34-27(3,4)5)24(21-14-12-13-20(2)18-21)25(32)29-22-15-9-8-10-16-22/h12-14,18,22,24H,6-11,15-17,19H2,1-5H3,(H,28,33)(H,29,32). The summed E-state index contributed by atoms with van der Waals surface area (Å²) in [5, 5.41) is 5.78. The van der Waals surface area contributed by atoms with E-state index in [2.05, 4.69) is 17.6 Å². The van der Waals surface area contributed by atoms with Crippen LogP contribution in [0.5, 0.6) is 0 Å². The second-order valence-corrected chi connectivity index (χ2v) is 10.3. The molecule has 1 aromatic rings. The van der Waals surface area contributed by atoms with Crippen LogP contribution in [0.1, 0.15) is 96.2 Å². The van der Waals surface area contributed by atoms with E-state index >= 15 is 0 Å². The Morgan fingerprint density at radius 2 is 1.82 bits per heavy atom. The van der Waals surface area contributed by atoms with Gasteiger partial charge in [0.1, 0.15) is 18.2 Å². The summed E-state index contributed by atoms with van der Waals surface area (Å²) in [7, 11) is 0. The normalized spacial score (nSPS) is 15.3. The molecule has 0 radical (unpaired) electrons. The van der Waals surface area contributed by atoms with Gasteiger partial charge in [-0.15, -0.1) is 0 Å². The van der Waals surface area contributed by atoms with Crippen molar-refractivity contribution in [2.24, 2.45) is 0 Å². The van der Waals surface area contributed by atoms with Gasteiger partial charge in [0.15, 0.2) is 0 Å². The van der Waals surface area contributed by atoms with Crippen LogP contribution in [0.4, 0.5) is 4.79 Å². The smallest absolute Gasteiger partial charge is 0.408 e. The van der Waals surface area contributed by atoms with Gasteiger partial charge in [-0.3, -0.25) is 9.59 Å². The summed E-state index contributed by atoms with van der Waals surface area (Å²) in [4.78, 5) is 40.8. The molecule has 1 fully saturated rings. The lowest BCUT2D eigenvalue weighted by Crippen LogP contribution is -2.50. The Kier molecular flexibility index (Phi) is 10.9.